The first kappa shape index (κ1) is 17.0. The molecule has 0 saturated carbocycles. The first-order chi connectivity index (χ1) is 9.61. The van der Waals surface area contributed by atoms with Crippen LogP contribution in [0.2, 0.25) is 0 Å². The first-order valence-electron chi connectivity index (χ1n) is 6.87. The molecular formula is C14H24N4O3. The summed E-state index contributed by atoms with van der Waals surface area (Å²) in [7, 11) is 1.83. The van der Waals surface area contributed by atoms with E-state index in [-0.39, 0.29) is 19.0 Å². The number of aromatic nitrogens is 2. The molecule has 0 saturated heterocycles. The normalized spacial score (nSPS) is 11.3. The largest absolute Gasteiger partial charge is 0.481 e. The van der Waals surface area contributed by atoms with Gasteiger partial charge in [0.1, 0.15) is 0 Å². The van der Waals surface area contributed by atoms with Crippen molar-refractivity contribution in [2.75, 3.05) is 6.54 Å². The molecule has 2 N–H and O–H groups in total. The van der Waals surface area contributed by atoms with E-state index in [4.69, 9.17) is 5.11 Å². The maximum absolute atomic E-state index is 12.3. The van der Waals surface area contributed by atoms with Crippen molar-refractivity contribution in [3.8, 4) is 0 Å². The van der Waals surface area contributed by atoms with Gasteiger partial charge in [0, 0.05) is 37.4 Å². The lowest BCUT2D eigenvalue weighted by molar-refractivity contribution is -0.137. The van der Waals surface area contributed by atoms with Crippen LogP contribution in [0.3, 0.4) is 0 Å². The van der Waals surface area contributed by atoms with Gasteiger partial charge in [-0.1, -0.05) is 0 Å². The SMILES string of the molecule is Cc1nn(C)cc1CNC(=O)N(CCC(=O)O)C(C)(C)C. The van der Waals surface area contributed by atoms with Crippen LogP contribution in [0.1, 0.15) is 38.4 Å². The van der Waals surface area contributed by atoms with Crippen LogP contribution < -0.4 is 5.32 Å². The summed E-state index contributed by atoms with van der Waals surface area (Å²) in [6.07, 6.45) is 1.78. The van der Waals surface area contributed by atoms with Crippen LogP contribution in [0.25, 0.3) is 0 Å². The van der Waals surface area contributed by atoms with Gasteiger partial charge in [-0.25, -0.2) is 4.79 Å². The Balaban J connectivity index is 2.68. The van der Waals surface area contributed by atoms with E-state index in [1.54, 1.807) is 4.68 Å². The Kier molecular flexibility index (Phi) is 5.34. The second kappa shape index (κ2) is 6.60. The van der Waals surface area contributed by atoms with Crippen LogP contribution in [-0.4, -0.2) is 43.9 Å². The average molecular weight is 296 g/mol. The quantitative estimate of drug-likeness (QED) is 0.862. The first-order valence-corrected chi connectivity index (χ1v) is 6.87. The number of nitrogens with zero attached hydrogens (tertiary/aromatic N) is 3. The van der Waals surface area contributed by atoms with Gasteiger partial charge in [-0.3, -0.25) is 9.48 Å². The predicted molar refractivity (Wildman–Crippen MR) is 78.9 cm³/mol. The molecule has 1 aromatic rings. The summed E-state index contributed by atoms with van der Waals surface area (Å²) in [5, 5.41) is 15.8. The molecule has 0 radical (unpaired) electrons. The monoisotopic (exact) mass is 296 g/mol. The van der Waals surface area contributed by atoms with Crippen molar-refractivity contribution in [1.29, 1.82) is 0 Å². The Labute approximate surface area is 124 Å². The maximum Gasteiger partial charge on any atom is 0.318 e. The fourth-order valence-electron chi connectivity index (χ4n) is 2.04. The van der Waals surface area contributed by atoms with E-state index in [2.05, 4.69) is 10.4 Å². The van der Waals surface area contributed by atoms with Crippen LogP contribution in [-0.2, 0) is 18.4 Å². The summed E-state index contributed by atoms with van der Waals surface area (Å²) in [5.41, 5.74) is 1.37. The Morgan fingerprint density at radius 3 is 2.48 bits per heavy atom. The lowest BCUT2D eigenvalue weighted by Crippen LogP contribution is -2.50. The van der Waals surface area contributed by atoms with Gasteiger partial charge in [0.2, 0.25) is 0 Å². The van der Waals surface area contributed by atoms with Gasteiger partial charge in [0.15, 0.2) is 0 Å². The highest BCUT2D eigenvalue weighted by Crippen LogP contribution is 2.14. The molecule has 21 heavy (non-hydrogen) atoms. The third kappa shape index (κ3) is 5.09. The number of carbonyl (C=O) groups is 2. The van der Waals surface area contributed by atoms with E-state index in [0.29, 0.717) is 6.54 Å². The molecule has 2 amide bonds. The highest BCUT2D eigenvalue weighted by Gasteiger charge is 2.26. The lowest BCUT2D eigenvalue weighted by atomic mass is 10.1. The third-order valence-electron chi connectivity index (χ3n) is 3.15. The zero-order valence-electron chi connectivity index (χ0n) is 13.3. The lowest BCUT2D eigenvalue weighted by Gasteiger charge is -2.35. The number of carbonyl (C=O) groups excluding carboxylic acids is 1. The Bertz CT molecular complexity index is 517. The second-order valence-corrected chi connectivity index (χ2v) is 6.04. The smallest absolute Gasteiger partial charge is 0.318 e. The molecule has 1 heterocycles. The van der Waals surface area contributed by atoms with Crippen molar-refractivity contribution < 1.29 is 14.7 Å². The van der Waals surface area contributed by atoms with Crippen molar-refractivity contribution in [1.82, 2.24) is 20.0 Å². The summed E-state index contributed by atoms with van der Waals surface area (Å²) >= 11 is 0. The number of rotatable bonds is 5. The van der Waals surface area contributed by atoms with E-state index in [0.717, 1.165) is 11.3 Å². The summed E-state index contributed by atoms with van der Waals surface area (Å²) in [6, 6.07) is -0.271. The number of urea groups is 1. The zero-order chi connectivity index (χ0) is 16.2. The molecule has 7 heteroatoms. The van der Waals surface area contributed by atoms with Crippen molar-refractivity contribution in [2.45, 2.75) is 46.2 Å². The molecule has 0 unspecified atom stereocenters. The van der Waals surface area contributed by atoms with Gasteiger partial charge < -0.3 is 15.3 Å². The van der Waals surface area contributed by atoms with E-state index in [1.165, 1.54) is 4.90 Å². The van der Waals surface area contributed by atoms with Crippen molar-refractivity contribution >= 4 is 12.0 Å². The number of hydrogen-bond donors (Lipinski definition) is 2. The van der Waals surface area contributed by atoms with E-state index in [9.17, 15) is 9.59 Å². The standard InChI is InChI=1S/C14H24N4O3/c1-10-11(9-17(5)16-10)8-15-13(21)18(14(2,3)4)7-6-12(19)20/h9H,6-8H2,1-5H3,(H,15,21)(H,19,20). The van der Waals surface area contributed by atoms with Crippen LogP contribution in [0.4, 0.5) is 4.79 Å². The molecule has 118 valence electrons. The molecular weight excluding hydrogens is 272 g/mol. The number of carboxylic acid groups (broad SMARTS) is 1. The molecule has 0 fully saturated rings. The van der Waals surface area contributed by atoms with Gasteiger partial charge in [-0.05, 0) is 27.7 Å². The summed E-state index contributed by atoms with van der Waals surface area (Å²) in [6.45, 7) is 8.07. The summed E-state index contributed by atoms with van der Waals surface area (Å²) < 4.78 is 1.70. The number of amides is 2. The van der Waals surface area contributed by atoms with Crippen molar-refractivity contribution in [3.63, 3.8) is 0 Å². The number of aliphatic carboxylic acids is 1. The van der Waals surface area contributed by atoms with Gasteiger partial charge >= 0.3 is 12.0 Å². The van der Waals surface area contributed by atoms with Crippen LogP contribution in [0.15, 0.2) is 6.20 Å². The van der Waals surface area contributed by atoms with Gasteiger partial charge in [0.05, 0.1) is 12.1 Å². The number of aryl methyl sites for hydroxylation is 2. The van der Waals surface area contributed by atoms with Gasteiger partial charge in [0.25, 0.3) is 0 Å². The molecule has 0 atom stereocenters. The minimum Gasteiger partial charge on any atom is -0.481 e. The van der Waals surface area contributed by atoms with Gasteiger partial charge in [-0.15, -0.1) is 0 Å². The van der Waals surface area contributed by atoms with E-state index in [1.807, 2.05) is 40.9 Å². The topological polar surface area (TPSA) is 87.5 Å². The second-order valence-electron chi connectivity index (χ2n) is 6.04. The van der Waals surface area contributed by atoms with E-state index < -0.39 is 11.5 Å². The molecule has 0 aliphatic heterocycles. The fourth-order valence-corrected chi connectivity index (χ4v) is 2.04. The Hall–Kier alpha value is -2.05. The average Bonchev–Trinajstić information content (AvgIpc) is 2.63. The Morgan fingerprint density at radius 1 is 1.43 bits per heavy atom. The molecule has 0 spiro atoms. The summed E-state index contributed by atoms with van der Waals surface area (Å²) in [5.74, 6) is -0.917. The minimum absolute atomic E-state index is 0.0728. The van der Waals surface area contributed by atoms with E-state index >= 15 is 0 Å². The highest BCUT2D eigenvalue weighted by molar-refractivity contribution is 5.76. The molecule has 7 nitrogen and oxygen atoms in total. The molecule has 1 aromatic heterocycles. The number of nitrogens with one attached hydrogen (secondary N) is 1. The van der Waals surface area contributed by atoms with Crippen molar-refractivity contribution in [3.05, 3.63) is 17.5 Å². The fraction of sp³-hybridized carbons (Fsp3) is 0.643. The molecule has 0 aliphatic rings. The third-order valence-corrected chi connectivity index (χ3v) is 3.15. The van der Waals surface area contributed by atoms with Crippen LogP contribution >= 0.6 is 0 Å². The highest BCUT2D eigenvalue weighted by atomic mass is 16.4. The molecule has 0 aromatic carbocycles. The van der Waals surface area contributed by atoms with Gasteiger partial charge in [-0.2, -0.15) is 5.10 Å². The molecule has 0 aliphatic carbocycles. The number of hydrogen-bond acceptors (Lipinski definition) is 3. The molecule has 1 rings (SSSR count). The summed E-state index contributed by atoms with van der Waals surface area (Å²) in [4.78, 5) is 24.5. The van der Waals surface area contributed by atoms with Crippen LogP contribution in [0.5, 0.6) is 0 Å². The van der Waals surface area contributed by atoms with Crippen molar-refractivity contribution in [2.24, 2.45) is 7.05 Å². The number of carboxylic acids is 1. The predicted octanol–water partition coefficient (Wildman–Crippen LogP) is 1.51. The maximum atomic E-state index is 12.3. The Morgan fingerprint density at radius 2 is 2.05 bits per heavy atom. The van der Waals surface area contributed by atoms with Crippen LogP contribution in [0, 0.1) is 6.92 Å². The minimum atomic E-state index is -0.917. The zero-order valence-corrected chi connectivity index (χ0v) is 13.3. The molecule has 0 bridgehead atoms.